The van der Waals surface area contributed by atoms with Crippen LogP contribution in [0.2, 0.25) is 0 Å². The van der Waals surface area contributed by atoms with Gasteiger partial charge in [-0.15, -0.1) is 0 Å². The lowest BCUT2D eigenvalue weighted by atomic mass is 10.00. The molecule has 2 aromatic carbocycles. The number of hydrogen-bond acceptors (Lipinski definition) is 2. The first-order valence-corrected chi connectivity index (χ1v) is 7.33. The molecule has 3 N–H and O–H groups in total. The average Bonchev–Trinajstić information content (AvgIpc) is 2.48. The van der Waals surface area contributed by atoms with Crippen molar-refractivity contribution in [2.75, 3.05) is 11.4 Å². The van der Waals surface area contributed by atoms with Gasteiger partial charge < -0.3 is 10.6 Å². The van der Waals surface area contributed by atoms with Crippen molar-refractivity contribution in [3.63, 3.8) is 0 Å². The van der Waals surface area contributed by atoms with Crippen LogP contribution in [0.3, 0.4) is 0 Å². The fourth-order valence-corrected chi connectivity index (χ4v) is 2.68. The largest absolute Gasteiger partial charge is 0.388 e. The minimum absolute atomic E-state index is 0.0931. The van der Waals surface area contributed by atoms with Gasteiger partial charge in [0.25, 0.3) is 0 Å². The highest BCUT2D eigenvalue weighted by Crippen LogP contribution is 2.30. The molecule has 0 aromatic heterocycles. The minimum atomic E-state index is 0.0931. The van der Waals surface area contributed by atoms with Gasteiger partial charge in [-0.05, 0) is 37.1 Å². The van der Waals surface area contributed by atoms with Crippen LogP contribution in [-0.4, -0.2) is 12.4 Å². The molecule has 3 heteroatoms. The molecule has 0 bridgehead atoms. The number of hydrogen-bond donors (Lipinski definition) is 2. The molecule has 0 aliphatic carbocycles. The Morgan fingerprint density at radius 1 is 1.14 bits per heavy atom. The van der Waals surface area contributed by atoms with Gasteiger partial charge in [-0.1, -0.05) is 42.5 Å². The number of amidine groups is 1. The van der Waals surface area contributed by atoms with Gasteiger partial charge in [0.15, 0.2) is 0 Å². The third-order valence-electron chi connectivity index (χ3n) is 3.65. The molecule has 2 rings (SSSR count). The summed E-state index contributed by atoms with van der Waals surface area (Å²) in [7, 11) is 0. The van der Waals surface area contributed by atoms with E-state index in [1.807, 2.05) is 18.2 Å². The second-order valence-electron chi connectivity index (χ2n) is 5.28. The van der Waals surface area contributed by atoms with E-state index < -0.39 is 0 Å². The highest BCUT2D eigenvalue weighted by Gasteiger charge is 2.20. The molecule has 0 aliphatic heterocycles. The molecule has 2 aromatic rings. The lowest BCUT2D eigenvalue weighted by Gasteiger charge is -2.33. The molecule has 0 saturated carbocycles. The Morgan fingerprint density at radius 3 is 2.43 bits per heavy atom. The highest BCUT2D eigenvalue weighted by molar-refractivity contribution is 5.78. The summed E-state index contributed by atoms with van der Waals surface area (Å²) in [5, 5.41) is 7.70. The van der Waals surface area contributed by atoms with Crippen LogP contribution < -0.4 is 10.6 Å². The van der Waals surface area contributed by atoms with Crippen molar-refractivity contribution in [3.8, 4) is 0 Å². The third-order valence-corrected chi connectivity index (χ3v) is 3.65. The van der Waals surface area contributed by atoms with Crippen LogP contribution >= 0.6 is 0 Å². The standard InChI is InChI=1S/C18H23N3/c1-3-21(16-11-7-8-14(2)12-16)17(13-18(19)20)15-9-5-4-6-10-15/h4-12,17H,3,13H2,1-2H3,(H3,19,20). The summed E-state index contributed by atoms with van der Waals surface area (Å²) in [6.07, 6.45) is 0.534. The predicted molar refractivity (Wildman–Crippen MR) is 89.9 cm³/mol. The van der Waals surface area contributed by atoms with E-state index in [-0.39, 0.29) is 11.9 Å². The van der Waals surface area contributed by atoms with Gasteiger partial charge in [0.1, 0.15) is 0 Å². The number of nitrogens with two attached hydrogens (primary N) is 1. The number of aryl methyl sites for hydroxylation is 1. The molecule has 0 aliphatic rings. The van der Waals surface area contributed by atoms with Crippen LogP contribution in [0, 0.1) is 12.3 Å². The maximum Gasteiger partial charge on any atom is 0.0929 e. The van der Waals surface area contributed by atoms with E-state index >= 15 is 0 Å². The Kier molecular flexibility index (Phi) is 4.99. The Labute approximate surface area is 126 Å². The van der Waals surface area contributed by atoms with Crippen molar-refractivity contribution in [1.29, 1.82) is 5.41 Å². The molecule has 3 nitrogen and oxygen atoms in total. The van der Waals surface area contributed by atoms with E-state index in [0.717, 1.165) is 6.54 Å². The van der Waals surface area contributed by atoms with E-state index in [0.29, 0.717) is 6.42 Å². The minimum Gasteiger partial charge on any atom is -0.388 e. The molecule has 1 atom stereocenters. The summed E-state index contributed by atoms with van der Waals surface area (Å²) in [5.41, 5.74) is 9.29. The second-order valence-corrected chi connectivity index (χ2v) is 5.28. The number of rotatable bonds is 6. The fraction of sp³-hybridized carbons (Fsp3) is 0.278. The quantitative estimate of drug-likeness (QED) is 0.623. The normalized spacial score (nSPS) is 11.9. The zero-order valence-corrected chi connectivity index (χ0v) is 12.7. The van der Waals surface area contributed by atoms with Crippen LogP contribution in [0.1, 0.15) is 30.5 Å². The van der Waals surface area contributed by atoms with E-state index in [4.69, 9.17) is 11.1 Å². The van der Waals surface area contributed by atoms with Gasteiger partial charge in [-0.25, -0.2) is 0 Å². The molecule has 1 unspecified atom stereocenters. The van der Waals surface area contributed by atoms with Gasteiger partial charge in [-0.3, -0.25) is 5.41 Å². The molecular formula is C18H23N3. The van der Waals surface area contributed by atoms with E-state index in [2.05, 4.69) is 55.1 Å². The molecular weight excluding hydrogens is 258 g/mol. The predicted octanol–water partition coefficient (Wildman–Crippen LogP) is 3.89. The summed E-state index contributed by atoms with van der Waals surface area (Å²) < 4.78 is 0. The third kappa shape index (κ3) is 3.85. The van der Waals surface area contributed by atoms with Crippen LogP contribution in [0.15, 0.2) is 54.6 Å². The molecule has 0 amide bonds. The lowest BCUT2D eigenvalue weighted by molar-refractivity contribution is 0.653. The molecule has 0 heterocycles. The van der Waals surface area contributed by atoms with Crippen molar-refractivity contribution in [3.05, 3.63) is 65.7 Å². The number of nitrogens with one attached hydrogen (secondary N) is 1. The first-order valence-electron chi connectivity index (χ1n) is 7.33. The van der Waals surface area contributed by atoms with Crippen molar-refractivity contribution in [2.24, 2.45) is 5.73 Å². The summed E-state index contributed by atoms with van der Waals surface area (Å²) >= 11 is 0. The van der Waals surface area contributed by atoms with Crippen molar-refractivity contribution >= 4 is 11.5 Å². The Hall–Kier alpha value is -2.29. The topological polar surface area (TPSA) is 53.1 Å². The van der Waals surface area contributed by atoms with Gasteiger partial charge in [-0.2, -0.15) is 0 Å². The fourth-order valence-electron chi connectivity index (χ4n) is 2.68. The number of benzene rings is 2. The molecule has 0 saturated heterocycles. The van der Waals surface area contributed by atoms with Crippen molar-refractivity contribution < 1.29 is 0 Å². The van der Waals surface area contributed by atoms with Gasteiger partial charge in [0, 0.05) is 18.7 Å². The molecule has 0 spiro atoms. The molecule has 0 fully saturated rings. The van der Waals surface area contributed by atoms with E-state index in [1.165, 1.54) is 16.8 Å². The smallest absolute Gasteiger partial charge is 0.0929 e. The van der Waals surface area contributed by atoms with Crippen molar-refractivity contribution in [2.45, 2.75) is 26.3 Å². The van der Waals surface area contributed by atoms with Crippen LogP contribution in [0.5, 0.6) is 0 Å². The SMILES string of the molecule is CCN(c1cccc(C)c1)C(CC(=N)N)c1ccccc1. The number of anilines is 1. The second kappa shape index (κ2) is 6.93. The maximum atomic E-state index is 7.70. The van der Waals surface area contributed by atoms with E-state index in [1.54, 1.807) is 0 Å². The zero-order chi connectivity index (χ0) is 15.2. The summed E-state index contributed by atoms with van der Waals surface area (Å²) in [5.74, 6) is 0.218. The summed E-state index contributed by atoms with van der Waals surface area (Å²) in [6.45, 7) is 5.11. The zero-order valence-electron chi connectivity index (χ0n) is 12.7. The van der Waals surface area contributed by atoms with Crippen LogP contribution in [0.25, 0.3) is 0 Å². The van der Waals surface area contributed by atoms with Gasteiger partial charge in [0.05, 0.1) is 11.9 Å². The van der Waals surface area contributed by atoms with Crippen molar-refractivity contribution in [1.82, 2.24) is 0 Å². The lowest BCUT2D eigenvalue weighted by Crippen LogP contribution is -2.31. The van der Waals surface area contributed by atoms with Gasteiger partial charge in [0.2, 0.25) is 0 Å². The van der Waals surface area contributed by atoms with E-state index in [9.17, 15) is 0 Å². The maximum absolute atomic E-state index is 7.70. The molecule has 110 valence electrons. The summed E-state index contributed by atoms with van der Waals surface area (Å²) in [4.78, 5) is 2.31. The monoisotopic (exact) mass is 281 g/mol. The Morgan fingerprint density at radius 2 is 1.86 bits per heavy atom. The summed E-state index contributed by atoms with van der Waals surface area (Å²) in [6, 6.07) is 18.8. The molecule has 0 radical (unpaired) electrons. The Balaban J connectivity index is 2.40. The average molecular weight is 281 g/mol. The first-order chi connectivity index (χ1) is 10.1. The van der Waals surface area contributed by atoms with Gasteiger partial charge >= 0.3 is 0 Å². The number of nitrogens with zero attached hydrogens (tertiary/aromatic N) is 1. The first kappa shape index (κ1) is 15.1. The Bertz CT molecular complexity index is 592. The highest BCUT2D eigenvalue weighted by atomic mass is 15.2. The van der Waals surface area contributed by atoms with Crippen LogP contribution in [0.4, 0.5) is 5.69 Å². The molecule has 21 heavy (non-hydrogen) atoms. The van der Waals surface area contributed by atoms with Crippen LogP contribution in [-0.2, 0) is 0 Å².